The van der Waals surface area contributed by atoms with E-state index in [-0.39, 0.29) is 0 Å². The van der Waals surface area contributed by atoms with Gasteiger partial charge in [0.05, 0.1) is 0 Å². The van der Waals surface area contributed by atoms with E-state index in [2.05, 4.69) is 4.74 Å². The van der Waals surface area contributed by atoms with Gasteiger partial charge in [0.25, 0.3) is 0 Å². The second-order valence-electron chi connectivity index (χ2n) is 3.19. The summed E-state index contributed by atoms with van der Waals surface area (Å²) in [6, 6.07) is 7.18. The fourth-order valence-electron chi connectivity index (χ4n) is 1.20. The molecule has 90 valence electrons. The number of aryl methyl sites for hydroxylation is 1. The fourth-order valence-corrected chi connectivity index (χ4v) is 1.20. The summed E-state index contributed by atoms with van der Waals surface area (Å²) in [6.45, 7) is 0.260. The van der Waals surface area contributed by atoms with Crippen molar-refractivity contribution in [1.29, 1.82) is 0 Å². The second-order valence-corrected chi connectivity index (χ2v) is 3.19. The van der Waals surface area contributed by atoms with Crippen LogP contribution in [0.15, 0.2) is 24.3 Å². The Balaban J connectivity index is 2.37. The molecule has 0 aliphatic rings. The van der Waals surface area contributed by atoms with E-state index in [0.717, 1.165) is 12.0 Å². The van der Waals surface area contributed by atoms with Crippen LogP contribution in [0.5, 0.6) is 5.75 Å². The van der Waals surface area contributed by atoms with Gasteiger partial charge in [-0.1, -0.05) is 25.1 Å². The largest absolute Gasteiger partial charge is 0.467 e. The van der Waals surface area contributed by atoms with Crippen molar-refractivity contribution in [2.75, 3.05) is 13.4 Å². The maximum atomic E-state index is 11.7. The molecule has 0 N–H and O–H groups in total. The lowest BCUT2D eigenvalue weighted by Gasteiger charge is -2.11. The van der Waals surface area contributed by atoms with Crippen molar-refractivity contribution in [3.63, 3.8) is 0 Å². The summed E-state index contributed by atoms with van der Waals surface area (Å²) in [5.74, 6) is 0.562. The monoisotopic (exact) mass is 234 g/mol. The first-order chi connectivity index (χ1) is 7.53. The molecule has 0 fully saturated rings. The summed E-state index contributed by atoms with van der Waals surface area (Å²) in [7, 11) is 0. The molecule has 0 heterocycles. The molecule has 1 aromatic rings. The molecule has 5 heteroatoms. The van der Waals surface area contributed by atoms with Gasteiger partial charge >= 0.3 is 6.18 Å². The maximum absolute atomic E-state index is 11.7. The van der Waals surface area contributed by atoms with Gasteiger partial charge in [0.2, 0.25) is 0 Å². The lowest BCUT2D eigenvalue weighted by Crippen LogP contribution is -2.19. The molecule has 0 amide bonds. The third-order valence-electron chi connectivity index (χ3n) is 1.92. The van der Waals surface area contributed by atoms with Crippen molar-refractivity contribution in [2.45, 2.75) is 19.5 Å². The molecule has 0 bridgehead atoms. The highest BCUT2D eigenvalue weighted by Gasteiger charge is 2.27. The van der Waals surface area contributed by atoms with Gasteiger partial charge in [-0.15, -0.1) is 0 Å². The first kappa shape index (κ1) is 12.8. The van der Waals surface area contributed by atoms with Crippen LogP contribution < -0.4 is 4.74 Å². The van der Waals surface area contributed by atoms with Gasteiger partial charge in [-0.2, -0.15) is 13.2 Å². The topological polar surface area (TPSA) is 18.5 Å². The van der Waals surface area contributed by atoms with Crippen LogP contribution in [-0.4, -0.2) is 19.6 Å². The normalized spacial score (nSPS) is 11.5. The Morgan fingerprint density at radius 3 is 2.50 bits per heavy atom. The zero-order valence-electron chi connectivity index (χ0n) is 8.88. The molecule has 1 aromatic carbocycles. The van der Waals surface area contributed by atoms with Crippen molar-refractivity contribution in [3.05, 3.63) is 29.8 Å². The van der Waals surface area contributed by atoms with Crippen LogP contribution in [0.25, 0.3) is 0 Å². The molecule has 1 rings (SSSR count). The number of rotatable bonds is 5. The van der Waals surface area contributed by atoms with E-state index in [0.29, 0.717) is 5.75 Å². The Morgan fingerprint density at radius 1 is 1.19 bits per heavy atom. The summed E-state index contributed by atoms with van der Waals surface area (Å²) < 4.78 is 44.7. The average Bonchev–Trinajstić information content (AvgIpc) is 2.23. The van der Waals surface area contributed by atoms with E-state index in [9.17, 15) is 13.2 Å². The quantitative estimate of drug-likeness (QED) is 0.575. The zero-order valence-corrected chi connectivity index (χ0v) is 8.88. The molecular formula is C11H13F3O2. The molecule has 0 radical (unpaired) electrons. The van der Waals surface area contributed by atoms with Crippen LogP contribution in [0.4, 0.5) is 13.2 Å². The third kappa shape index (κ3) is 4.53. The van der Waals surface area contributed by atoms with Gasteiger partial charge in [0.1, 0.15) is 12.4 Å². The molecule has 2 nitrogen and oxygen atoms in total. The SMILES string of the molecule is CCc1ccccc1OCOCC(F)(F)F. The number of hydrogen-bond donors (Lipinski definition) is 0. The van der Waals surface area contributed by atoms with Gasteiger partial charge in [0.15, 0.2) is 6.79 Å². The maximum Gasteiger partial charge on any atom is 0.411 e. The highest BCUT2D eigenvalue weighted by molar-refractivity contribution is 5.32. The van der Waals surface area contributed by atoms with Crippen LogP contribution in [0.3, 0.4) is 0 Å². The van der Waals surface area contributed by atoms with Crippen molar-refractivity contribution in [1.82, 2.24) is 0 Å². The third-order valence-corrected chi connectivity index (χ3v) is 1.92. The van der Waals surface area contributed by atoms with Gasteiger partial charge in [-0.05, 0) is 18.1 Å². The molecule has 0 atom stereocenters. The average molecular weight is 234 g/mol. The predicted molar refractivity (Wildman–Crippen MR) is 53.3 cm³/mol. The summed E-state index contributed by atoms with van der Waals surface area (Å²) >= 11 is 0. The van der Waals surface area contributed by atoms with Gasteiger partial charge in [-0.3, -0.25) is 0 Å². The van der Waals surface area contributed by atoms with Crippen molar-refractivity contribution >= 4 is 0 Å². The Morgan fingerprint density at radius 2 is 1.88 bits per heavy atom. The highest BCUT2D eigenvalue weighted by Crippen LogP contribution is 2.19. The Bertz CT molecular complexity index is 323. The van der Waals surface area contributed by atoms with Crippen molar-refractivity contribution < 1.29 is 22.6 Å². The van der Waals surface area contributed by atoms with Gasteiger partial charge in [-0.25, -0.2) is 0 Å². The Kier molecular flexibility index (Phi) is 4.61. The summed E-state index contributed by atoms with van der Waals surface area (Å²) in [5.41, 5.74) is 0.943. The summed E-state index contributed by atoms with van der Waals surface area (Å²) in [5, 5.41) is 0. The van der Waals surface area contributed by atoms with Crippen LogP contribution in [0, 0.1) is 0 Å². The minimum absolute atomic E-state index is 0.392. The molecule has 0 aromatic heterocycles. The minimum atomic E-state index is -4.31. The number of benzene rings is 1. The van der Waals surface area contributed by atoms with Crippen LogP contribution in [0.2, 0.25) is 0 Å². The molecule has 16 heavy (non-hydrogen) atoms. The molecule has 0 spiro atoms. The van der Waals surface area contributed by atoms with Gasteiger partial charge in [0, 0.05) is 0 Å². The second kappa shape index (κ2) is 5.75. The first-order valence-electron chi connectivity index (χ1n) is 4.88. The molecule has 0 aliphatic carbocycles. The van der Waals surface area contributed by atoms with E-state index >= 15 is 0 Å². The smallest absolute Gasteiger partial charge is 0.411 e. The molecular weight excluding hydrogens is 221 g/mol. The number of para-hydroxylation sites is 1. The van der Waals surface area contributed by atoms with E-state index in [1.165, 1.54) is 0 Å². The summed E-state index contributed by atoms with van der Waals surface area (Å²) in [6.07, 6.45) is -3.55. The van der Waals surface area contributed by atoms with Crippen LogP contribution in [-0.2, 0) is 11.2 Å². The highest BCUT2D eigenvalue weighted by atomic mass is 19.4. The Hall–Kier alpha value is -1.23. The van der Waals surface area contributed by atoms with Crippen molar-refractivity contribution in [2.24, 2.45) is 0 Å². The number of alkyl halides is 3. The van der Waals surface area contributed by atoms with Gasteiger partial charge < -0.3 is 9.47 Å². The predicted octanol–water partition coefficient (Wildman–Crippen LogP) is 3.16. The van der Waals surface area contributed by atoms with Crippen LogP contribution >= 0.6 is 0 Å². The lowest BCUT2D eigenvalue weighted by molar-refractivity contribution is -0.186. The molecule has 0 unspecified atom stereocenters. The first-order valence-corrected chi connectivity index (χ1v) is 4.88. The Labute approximate surface area is 92.0 Å². The zero-order chi connectivity index (χ0) is 12.0. The number of halogens is 3. The van der Waals surface area contributed by atoms with Crippen LogP contribution in [0.1, 0.15) is 12.5 Å². The molecule has 0 saturated heterocycles. The minimum Gasteiger partial charge on any atom is -0.467 e. The van der Waals surface area contributed by atoms with E-state index in [4.69, 9.17) is 4.74 Å². The standard InChI is InChI=1S/C11H13F3O2/c1-2-9-5-3-4-6-10(9)16-8-15-7-11(12,13)14/h3-6H,2,7-8H2,1H3. The van der Waals surface area contributed by atoms with E-state index < -0.39 is 19.6 Å². The molecule has 0 saturated carbocycles. The summed E-state index contributed by atoms with van der Waals surface area (Å²) in [4.78, 5) is 0. The fraction of sp³-hybridized carbons (Fsp3) is 0.455. The van der Waals surface area contributed by atoms with Crippen molar-refractivity contribution in [3.8, 4) is 5.75 Å². The van der Waals surface area contributed by atoms with E-state index in [1.807, 2.05) is 19.1 Å². The lowest BCUT2D eigenvalue weighted by atomic mass is 10.1. The number of hydrogen-bond acceptors (Lipinski definition) is 2. The number of ether oxygens (including phenoxy) is 2. The van der Waals surface area contributed by atoms with E-state index in [1.54, 1.807) is 12.1 Å². The molecule has 0 aliphatic heterocycles.